The molecule has 0 aromatic rings. The third-order valence-corrected chi connectivity index (χ3v) is 3.97. The van der Waals surface area contributed by atoms with E-state index < -0.39 is 53.9 Å². The van der Waals surface area contributed by atoms with Crippen molar-refractivity contribution < 1.29 is 40.7 Å². The first-order valence-corrected chi connectivity index (χ1v) is 5.96. The summed E-state index contributed by atoms with van der Waals surface area (Å²) < 4.78 is 80.4. The molecule has 2 rings (SSSR count). The predicted molar refractivity (Wildman–Crippen MR) is 55.5 cm³/mol. The maximum Gasteiger partial charge on any atom is 0.401 e. The van der Waals surface area contributed by atoms with Gasteiger partial charge in [-0.1, -0.05) is 12.2 Å². The molecule has 1 heterocycles. The normalized spacial score (nSPS) is 33.3. The Kier molecular flexibility index (Phi) is 3.38. The zero-order chi connectivity index (χ0) is 16.2. The fourth-order valence-electron chi connectivity index (χ4n) is 2.78. The maximum atomic E-state index is 12.7. The monoisotopic (exact) mass is 316 g/mol. The third kappa shape index (κ3) is 2.53. The number of hydrogen-bond acceptors (Lipinski definition) is 3. The Morgan fingerprint density at radius 3 is 2.19 bits per heavy atom. The van der Waals surface area contributed by atoms with Gasteiger partial charge >= 0.3 is 24.3 Å². The van der Waals surface area contributed by atoms with Crippen LogP contribution in [0.1, 0.15) is 13.3 Å². The molecule has 0 saturated carbocycles. The third-order valence-electron chi connectivity index (χ3n) is 3.97. The standard InChI is InChI=1S/C12H10F6O3/c1-10-3-2-5(4-6(10)8(19)21-9(10)20)7(11(13,14)15)12(16,17)18/h2-3,5-7H,4H2,1H3. The van der Waals surface area contributed by atoms with Crippen LogP contribution < -0.4 is 0 Å². The minimum Gasteiger partial charge on any atom is -0.392 e. The van der Waals surface area contributed by atoms with Gasteiger partial charge < -0.3 is 4.74 Å². The van der Waals surface area contributed by atoms with Gasteiger partial charge in [-0.05, 0) is 19.3 Å². The van der Waals surface area contributed by atoms with E-state index in [2.05, 4.69) is 4.74 Å². The van der Waals surface area contributed by atoms with Crippen LogP contribution >= 0.6 is 0 Å². The van der Waals surface area contributed by atoms with Gasteiger partial charge in [-0.25, -0.2) is 0 Å². The number of cyclic esters (lactones) is 2. The number of rotatable bonds is 1. The number of alkyl halides is 6. The molecule has 3 nitrogen and oxygen atoms in total. The van der Waals surface area contributed by atoms with E-state index in [1.54, 1.807) is 0 Å². The number of allylic oxidation sites excluding steroid dienone is 1. The Labute approximate surface area is 114 Å². The molecule has 118 valence electrons. The summed E-state index contributed by atoms with van der Waals surface area (Å²) >= 11 is 0. The molecule has 3 atom stereocenters. The molecular formula is C12H10F6O3. The van der Waals surface area contributed by atoms with Gasteiger partial charge in [0.2, 0.25) is 0 Å². The van der Waals surface area contributed by atoms with Crippen LogP contribution in [0, 0.1) is 23.2 Å². The van der Waals surface area contributed by atoms with Crippen molar-refractivity contribution in [2.24, 2.45) is 23.2 Å². The lowest BCUT2D eigenvalue weighted by Crippen LogP contribution is -2.45. The fraction of sp³-hybridized carbons (Fsp3) is 0.667. The van der Waals surface area contributed by atoms with E-state index in [9.17, 15) is 35.9 Å². The molecule has 0 spiro atoms. The first-order valence-electron chi connectivity index (χ1n) is 5.96. The summed E-state index contributed by atoms with van der Waals surface area (Å²) in [6.07, 6.45) is -10.1. The molecular weight excluding hydrogens is 306 g/mol. The number of esters is 2. The second-order valence-corrected chi connectivity index (χ2v) is 5.36. The average molecular weight is 316 g/mol. The van der Waals surface area contributed by atoms with Crippen LogP contribution in [0.25, 0.3) is 0 Å². The van der Waals surface area contributed by atoms with Gasteiger partial charge in [0.15, 0.2) is 5.92 Å². The van der Waals surface area contributed by atoms with Crippen molar-refractivity contribution in [2.45, 2.75) is 25.7 Å². The molecule has 0 bridgehead atoms. The van der Waals surface area contributed by atoms with Gasteiger partial charge in [-0.3, -0.25) is 9.59 Å². The molecule has 1 fully saturated rings. The van der Waals surface area contributed by atoms with Crippen LogP contribution in [-0.4, -0.2) is 24.3 Å². The number of hydrogen-bond donors (Lipinski definition) is 0. The number of carbonyl (C=O) groups is 2. The molecule has 9 heteroatoms. The molecule has 0 amide bonds. The lowest BCUT2D eigenvalue weighted by atomic mass is 9.67. The smallest absolute Gasteiger partial charge is 0.392 e. The van der Waals surface area contributed by atoms with Gasteiger partial charge in [-0.15, -0.1) is 0 Å². The topological polar surface area (TPSA) is 43.4 Å². The van der Waals surface area contributed by atoms with Crippen molar-refractivity contribution in [1.29, 1.82) is 0 Å². The van der Waals surface area contributed by atoms with Gasteiger partial charge in [0, 0.05) is 0 Å². The molecule has 2 aliphatic rings. The van der Waals surface area contributed by atoms with Crippen LogP contribution in [0.3, 0.4) is 0 Å². The van der Waals surface area contributed by atoms with E-state index in [0.717, 1.165) is 6.08 Å². The van der Waals surface area contributed by atoms with E-state index >= 15 is 0 Å². The van der Waals surface area contributed by atoms with Gasteiger partial charge in [0.1, 0.15) is 0 Å². The maximum absolute atomic E-state index is 12.7. The summed E-state index contributed by atoms with van der Waals surface area (Å²) in [5, 5.41) is 0. The minimum absolute atomic E-state index is 0.710. The number of ether oxygens (including phenoxy) is 1. The van der Waals surface area contributed by atoms with Crippen molar-refractivity contribution in [3.05, 3.63) is 12.2 Å². The van der Waals surface area contributed by atoms with Gasteiger partial charge in [0.05, 0.1) is 11.3 Å². The van der Waals surface area contributed by atoms with Crippen molar-refractivity contribution >= 4 is 11.9 Å². The Hall–Kier alpha value is -1.54. The number of carbonyl (C=O) groups excluding carboxylic acids is 2. The number of halogens is 6. The summed E-state index contributed by atoms with van der Waals surface area (Å²) in [7, 11) is 0. The Morgan fingerprint density at radius 1 is 1.19 bits per heavy atom. The van der Waals surface area contributed by atoms with E-state index in [-0.39, 0.29) is 0 Å². The summed E-state index contributed by atoms with van der Waals surface area (Å²) in [5.41, 5.74) is -1.49. The predicted octanol–water partition coefficient (Wildman–Crippen LogP) is 3.01. The molecule has 1 aliphatic heterocycles. The highest BCUT2D eigenvalue weighted by atomic mass is 19.4. The highest BCUT2D eigenvalue weighted by Gasteiger charge is 2.63. The molecule has 1 saturated heterocycles. The fourth-order valence-corrected chi connectivity index (χ4v) is 2.78. The van der Waals surface area contributed by atoms with E-state index in [1.807, 2.05) is 0 Å². The van der Waals surface area contributed by atoms with Crippen molar-refractivity contribution in [3.8, 4) is 0 Å². The van der Waals surface area contributed by atoms with Crippen molar-refractivity contribution in [1.82, 2.24) is 0 Å². The summed E-state index contributed by atoms with van der Waals surface area (Å²) in [4.78, 5) is 22.9. The molecule has 0 radical (unpaired) electrons. The molecule has 21 heavy (non-hydrogen) atoms. The molecule has 0 N–H and O–H groups in total. The lowest BCUT2D eigenvalue weighted by molar-refractivity contribution is -0.296. The Balaban J connectivity index is 2.38. The Morgan fingerprint density at radius 2 is 1.71 bits per heavy atom. The van der Waals surface area contributed by atoms with E-state index in [0.29, 0.717) is 6.08 Å². The summed E-state index contributed by atoms with van der Waals surface area (Å²) in [5.74, 6) is -8.90. The highest BCUT2D eigenvalue weighted by molar-refractivity contribution is 6.00. The van der Waals surface area contributed by atoms with Crippen LogP contribution in [0.15, 0.2) is 12.2 Å². The molecule has 0 aromatic carbocycles. The molecule has 3 unspecified atom stereocenters. The number of fused-ring (bicyclic) bond motifs is 1. The van der Waals surface area contributed by atoms with Crippen LogP contribution in [0.4, 0.5) is 26.3 Å². The van der Waals surface area contributed by atoms with E-state index in [4.69, 9.17) is 0 Å². The summed E-state index contributed by atoms with van der Waals surface area (Å²) in [6.45, 7) is 1.26. The molecule has 1 aliphatic carbocycles. The van der Waals surface area contributed by atoms with Crippen LogP contribution in [-0.2, 0) is 14.3 Å². The second kappa shape index (κ2) is 4.48. The minimum atomic E-state index is -5.49. The van der Waals surface area contributed by atoms with Gasteiger partial charge in [0.25, 0.3) is 0 Å². The quantitative estimate of drug-likeness (QED) is 0.323. The zero-order valence-electron chi connectivity index (χ0n) is 10.6. The molecule has 0 aromatic heterocycles. The zero-order valence-corrected chi connectivity index (χ0v) is 10.6. The first-order chi connectivity index (χ1) is 9.37. The largest absolute Gasteiger partial charge is 0.401 e. The van der Waals surface area contributed by atoms with E-state index in [1.165, 1.54) is 6.92 Å². The average Bonchev–Trinajstić information content (AvgIpc) is 2.48. The Bertz CT molecular complexity index is 492. The second-order valence-electron chi connectivity index (χ2n) is 5.36. The SMILES string of the molecule is CC12C=CC(C(C(F)(F)F)C(F)(F)F)CC1C(=O)OC2=O. The summed E-state index contributed by atoms with van der Waals surface area (Å²) in [6, 6.07) is 0. The van der Waals surface area contributed by atoms with Crippen molar-refractivity contribution in [3.63, 3.8) is 0 Å². The first kappa shape index (κ1) is 15.8. The van der Waals surface area contributed by atoms with Crippen LogP contribution in [0.5, 0.6) is 0 Å². The van der Waals surface area contributed by atoms with Crippen LogP contribution in [0.2, 0.25) is 0 Å². The lowest BCUT2D eigenvalue weighted by Gasteiger charge is -2.35. The van der Waals surface area contributed by atoms with Crippen molar-refractivity contribution in [2.75, 3.05) is 0 Å². The van der Waals surface area contributed by atoms with Gasteiger partial charge in [-0.2, -0.15) is 26.3 Å². The highest BCUT2D eigenvalue weighted by Crippen LogP contribution is 2.52.